The molecule has 0 aromatic heterocycles. The van der Waals surface area contributed by atoms with Crippen LogP contribution in [0.5, 0.6) is 5.75 Å². The maximum atomic E-state index is 12.7. The summed E-state index contributed by atoms with van der Waals surface area (Å²) in [6, 6.07) is 7.77. The molecule has 1 unspecified atom stereocenters. The maximum Gasteiger partial charge on any atom is 0.332 e. The Bertz CT molecular complexity index is 585. The zero-order chi connectivity index (χ0) is 16.4. The summed E-state index contributed by atoms with van der Waals surface area (Å²) >= 11 is 0. The van der Waals surface area contributed by atoms with Crippen molar-refractivity contribution in [1.29, 1.82) is 0 Å². The fourth-order valence-electron chi connectivity index (χ4n) is 3.39. The molecule has 124 valence electrons. The number of benzene rings is 1. The Hall–Kier alpha value is -2.08. The summed E-state index contributed by atoms with van der Waals surface area (Å²) < 4.78 is 10.6. The molecule has 2 aliphatic rings. The molecular formula is C17H21NO5. The van der Waals surface area contributed by atoms with Crippen LogP contribution in [0.2, 0.25) is 0 Å². The SMILES string of the molecule is COc1ccc(C2CCCN2C(=O)[C@@H]2CC[C@H](C(=O)O)O2)cc1. The monoisotopic (exact) mass is 319 g/mol. The van der Waals surface area contributed by atoms with Crippen molar-refractivity contribution in [3.05, 3.63) is 29.8 Å². The number of carboxylic acid groups (broad SMARTS) is 1. The number of carbonyl (C=O) groups excluding carboxylic acids is 1. The quantitative estimate of drug-likeness (QED) is 0.918. The molecule has 2 heterocycles. The normalized spacial score (nSPS) is 27.2. The van der Waals surface area contributed by atoms with E-state index in [1.165, 1.54) is 0 Å². The van der Waals surface area contributed by atoms with Gasteiger partial charge in [-0.3, -0.25) is 4.79 Å². The molecule has 1 aromatic carbocycles. The van der Waals surface area contributed by atoms with Crippen LogP contribution in [0, 0.1) is 0 Å². The van der Waals surface area contributed by atoms with Gasteiger partial charge in [0.15, 0.2) is 6.10 Å². The van der Waals surface area contributed by atoms with E-state index in [0.717, 1.165) is 24.2 Å². The van der Waals surface area contributed by atoms with Gasteiger partial charge >= 0.3 is 5.97 Å². The number of carboxylic acids is 1. The summed E-state index contributed by atoms with van der Waals surface area (Å²) in [6.07, 6.45) is 1.24. The third-order valence-electron chi connectivity index (χ3n) is 4.61. The third kappa shape index (κ3) is 3.17. The first-order chi connectivity index (χ1) is 11.1. The Balaban J connectivity index is 1.71. The highest BCUT2D eigenvalue weighted by molar-refractivity contribution is 5.83. The lowest BCUT2D eigenvalue weighted by Gasteiger charge is -2.27. The summed E-state index contributed by atoms with van der Waals surface area (Å²) in [5.74, 6) is -0.298. The first-order valence-corrected chi connectivity index (χ1v) is 7.93. The molecule has 3 rings (SSSR count). The van der Waals surface area contributed by atoms with E-state index in [9.17, 15) is 9.59 Å². The van der Waals surface area contributed by atoms with Crippen molar-refractivity contribution < 1.29 is 24.2 Å². The minimum absolute atomic E-state index is 0.0286. The van der Waals surface area contributed by atoms with Gasteiger partial charge in [-0.2, -0.15) is 0 Å². The second-order valence-corrected chi connectivity index (χ2v) is 5.99. The van der Waals surface area contributed by atoms with E-state index in [2.05, 4.69) is 0 Å². The molecule has 2 saturated heterocycles. The molecule has 2 fully saturated rings. The van der Waals surface area contributed by atoms with E-state index >= 15 is 0 Å². The number of ether oxygens (including phenoxy) is 2. The van der Waals surface area contributed by atoms with E-state index in [1.807, 2.05) is 29.2 Å². The van der Waals surface area contributed by atoms with E-state index < -0.39 is 18.2 Å². The predicted octanol–water partition coefficient (Wildman–Crippen LogP) is 1.99. The first-order valence-electron chi connectivity index (χ1n) is 7.93. The van der Waals surface area contributed by atoms with Crippen molar-refractivity contribution in [1.82, 2.24) is 4.90 Å². The van der Waals surface area contributed by atoms with Crippen LogP contribution in [-0.2, 0) is 14.3 Å². The lowest BCUT2D eigenvalue weighted by Crippen LogP contribution is -2.39. The Kier molecular flexibility index (Phi) is 4.52. The van der Waals surface area contributed by atoms with Gasteiger partial charge in [-0.15, -0.1) is 0 Å². The number of hydrogen-bond donors (Lipinski definition) is 1. The largest absolute Gasteiger partial charge is 0.497 e. The van der Waals surface area contributed by atoms with Crippen molar-refractivity contribution in [2.24, 2.45) is 0 Å². The minimum Gasteiger partial charge on any atom is -0.497 e. The van der Waals surface area contributed by atoms with Crippen LogP contribution in [0.3, 0.4) is 0 Å². The standard InChI is InChI=1S/C17H21NO5/c1-22-12-6-4-11(5-7-12)13-3-2-10-18(13)16(19)14-8-9-15(23-14)17(20)21/h4-7,13-15H,2-3,8-10H2,1H3,(H,20,21)/t13?,14-,15+/m0/s1. The van der Waals surface area contributed by atoms with E-state index in [1.54, 1.807) is 7.11 Å². The summed E-state index contributed by atoms with van der Waals surface area (Å²) in [4.78, 5) is 25.5. The average molecular weight is 319 g/mol. The molecule has 0 radical (unpaired) electrons. The van der Waals surface area contributed by atoms with E-state index in [-0.39, 0.29) is 11.9 Å². The number of carbonyl (C=O) groups is 2. The molecule has 23 heavy (non-hydrogen) atoms. The van der Waals surface area contributed by atoms with Gasteiger partial charge in [0.05, 0.1) is 13.2 Å². The van der Waals surface area contributed by atoms with E-state index in [4.69, 9.17) is 14.6 Å². The van der Waals surface area contributed by atoms with E-state index in [0.29, 0.717) is 19.4 Å². The molecule has 1 amide bonds. The average Bonchev–Trinajstić information content (AvgIpc) is 3.23. The summed E-state index contributed by atoms with van der Waals surface area (Å²) in [7, 11) is 1.62. The molecule has 2 aliphatic heterocycles. The zero-order valence-corrected chi connectivity index (χ0v) is 13.1. The van der Waals surface area contributed by atoms with Crippen LogP contribution in [0.1, 0.15) is 37.3 Å². The van der Waals surface area contributed by atoms with Gasteiger partial charge in [0, 0.05) is 6.54 Å². The smallest absolute Gasteiger partial charge is 0.332 e. The maximum absolute atomic E-state index is 12.7. The molecule has 1 N–H and O–H groups in total. The van der Waals surface area contributed by atoms with Crippen LogP contribution in [0.4, 0.5) is 0 Å². The molecule has 0 spiro atoms. The fraction of sp³-hybridized carbons (Fsp3) is 0.529. The highest BCUT2D eigenvalue weighted by Gasteiger charge is 2.40. The fourth-order valence-corrected chi connectivity index (χ4v) is 3.39. The molecule has 0 saturated carbocycles. The van der Waals surface area contributed by atoms with Crippen LogP contribution < -0.4 is 4.74 Å². The Morgan fingerprint density at radius 3 is 2.48 bits per heavy atom. The number of hydrogen-bond acceptors (Lipinski definition) is 4. The van der Waals surface area contributed by atoms with Crippen molar-refractivity contribution in [3.8, 4) is 5.75 Å². The van der Waals surface area contributed by atoms with Gasteiger partial charge in [0.2, 0.25) is 0 Å². The highest BCUT2D eigenvalue weighted by atomic mass is 16.5. The molecule has 1 aromatic rings. The molecule has 6 nitrogen and oxygen atoms in total. The first kappa shape index (κ1) is 15.8. The van der Waals surface area contributed by atoms with Crippen molar-refractivity contribution in [2.75, 3.05) is 13.7 Å². The summed E-state index contributed by atoms with van der Waals surface area (Å²) in [5.41, 5.74) is 1.07. The number of aliphatic carboxylic acids is 1. The zero-order valence-electron chi connectivity index (χ0n) is 13.1. The molecule has 0 aliphatic carbocycles. The molecule has 3 atom stereocenters. The van der Waals surface area contributed by atoms with Crippen LogP contribution in [0.15, 0.2) is 24.3 Å². The van der Waals surface area contributed by atoms with Gasteiger partial charge in [-0.05, 0) is 43.4 Å². The van der Waals surface area contributed by atoms with Gasteiger partial charge in [0.1, 0.15) is 11.9 Å². The van der Waals surface area contributed by atoms with Crippen LogP contribution >= 0.6 is 0 Å². The summed E-state index contributed by atoms with van der Waals surface area (Å²) in [6.45, 7) is 0.688. The third-order valence-corrected chi connectivity index (χ3v) is 4.61. The Labute approximate surface area is 135 Å². The number of methoxy groups -OCH3 is 1. The van der Waals surface area contributed by atoms with Gasteiger partial charge in [0.25, 0.3) is 5.91 Å². The van der Waals surface area contributed by atoms with Gasteiger partial charge in [-0.1, -0.05) is 12.1 Å². The molecule has 0 bridgehead atoms. The lowest BCUT2D eigenvalue weighted by molar-refractivity contribution is -0.155. The van der Waals surface area contributed by atoms with Crippen molar-refractivity contribution in [3.63, 3.8) is 0 Å². The number of amides is 1. The number of likely N-dealkylation sites (tertiary alicyclic amines) is 1. The molecular weight excluding hydrogens is 298 g/mol. The number of nitrogens with zero attached hydrogens (tertiary/aromatic N) is 1. The van der Waals surface area contributed by atoms with Gasteiger partial charge in [-0.25, -0.2) is 4.79 Å². The predicted molar refractivity (Wildman–Crippen MR) is 82.2 cm³/mol. The number of rotatable bonds is 4. The van der Waals surface area contributed by atoms with Crippen LogP contribution in [-0.4, -0.2) is 47.7 Å². The minimum atomic E-state index is -0.992. The topological polar surface area (TPSA) is 76.1 Å². The molecule has 6 heteroatoms. The second kappa shape index (κ2) is 6.58. The van der Waals surface area contributed by atoms with Crippen LogP contribution in [0.25, 0.3) is 0 Å². The van der Waals surface area contributed by atoms with Crippen molar-refractivity contribution >= 4 is 11.9 Å². The van der Waals surface area contributed by atoms with Gasteiger partial charge < -0.3 is 19.5 Å². The Morgan fingerprint density at radius 1 is 1.17 bits per heavy atom. The summed E-state index contributed by atoms with van der Waals surface area (Å²) in [5, 5.41) is 9.00. The second-order valence-electron chi connectivity index (χ2n) is 5.99. The highest BCUT2D eigenvalue weighted by Crippen LogP contribution is 2.35. The van der Waals surface area contributed by atoms with Crippen molar-refractivity contribution in [2.45, 2.75) is 43.9 Å². The lowest BCUT2D eigenvalue weighted by atomic mass is 10.0. The Morgan fingerprint density at radius 2 is 1.87 bits per heavy atom.